The maximum Gasteiger partial charge on any atom is 0.282 e. The Morgan fingerprint density at radius 2 is 1.78 bits per heavy atom. The van der Waals surface area contributed by atoms with E-state index in [1.165, 1.54) is 5.57 Å². The van der Waals surface area contributed by atoms with E-state index in [0.717, 1.165) is 32.1 Å². The van der Waals surface area contributed by atoms with E-state index in [9.17, 15) is 4.79 Å². The Hall–Kier alpha value is -1.70. The van der Waals surface area contributed by atoms with Crippen molar-refractivity contribution in [1.29, 1.82) is 0 Å². The molecule has 4 aliphatic carbocycles. The molecular formula is C28H37NO3. The minimum absolute atomic E-state index is 0.0510. The second-order valence-corrected chi connectivity index (χ2v) is 11.4. The molecule has 32 heavy (non-hydrogen) atoms. The zero-order valence-corrected chi connectivity index (χ0v) is 19.7. The summed E-state index contributed by atoms with van der Waals surface area (Å²) in [5.74, 6) is 1.29. The number of ketones is 1. The zero-order chi connectivity index (χ0) is 22.8. The van der Waals surface area contributed by atoms with Crippen molar-refractivity contribution < 1.29 is 14.3 Å². The second-order valence-electron chi connectivity index (χ2n) is 11.4. The van der Waals surface area contributed by atoms with Crippen molar-refractivity contribution in [2.45, 2.75) is 77.0 Å². The highest BCUT2D eigenvalue weighted by atomic mass is 16.7. The Labute approximate surface area is 192 Å². The first kappa shape index (κ1) is 22.1. The molecular weight excluding hydrogens is 398 g/mol. The van der Waals surface area contributed by atoms with Gasteiger partial charge in [-0.2, -0.15) is 0 Å². The lowest BCUT2D eigenvalue weighted by Gasteiger charge is -2.60. The Morgan fingerprint density at radius 3 is 2.41 bits per heavy atom. The van der Waals surface area contributed by atoms with E-state index >= 15 is 0 Å². The minimum Gasteiger partial charge on any atom is -0.347 e. The van der Waals surface area contributed by atoms with E-state index < -0.39 is 17.2 Å². The molecule has 0 aromatic heterocycles. The maximum absolute atomic E-state index is 13.6. The van der Waals surface area contributed by atoms with Gasteiger partial charge in [-0.3, -0.25) is 4.79 Å². The molecule has 1 heterocycles. The molecule has 5 aliphatic rings. The van der Waals surface area contributed by atoms with Crippen LogP contribution < -0.4 is 0 Å². The van der Waals surface area contributed by atoms with Gasteiger partial charge in [0.1, 0.15) is 0 Å². The third-order valence-electron chi connectivity index (χ3n) is 10.3. The Balaban J connectivity index is 1.58. The molecule has 3 saturated carbocycles. The van der Waals surface area contributed by atoms with Crippen molar-refractivity contribution in [2.24, 2.45) is 34.0 Å². The van der Waals surface area contributed by atoms with Gasteiger partial charge < -0.3 is 14.3 Å². The van der Waals surface area contributed by atoms with Crippen LogP contribution in [0, 0.1) is 40.6 Å². The topological polar surface area (TPSA) is 39.9 Å². The van der Waals surface area contributed by atoms with Crippen LogP contribution in [0.3, 0.4) is 0 Å². The highest BCUT2D eigenvalue weighted by Crippen LogP contribution is 2.70. The predicted octanol–water partition coefficient (Wildman–Crippen LogP) is 5.91. The van der Waals surface area contributed by atoms with Gasteiger partial charge in [-0.1, -0.05) is 37.6 Å². The number of Topliss-reactive ketones (excluding diaryl/α,β-unsaturated/α-hetero) is 1. The lowest BCUT2D eigenvalue weighted by atomic mass is 9.43. The zero-order valence-electron chi connectivity index (χ0n) is 19.7. The molecule has 0 bridgehead atoms. The summed E-state index contributed by atoms with van der Waals surface area (Å²) in [5.41, 5.74) is 0.550. The van der Waals surface area contributed by atoms with Crippen LogP contribution in [0.4, 0.5) is 0 Å². The normalized spacial score (nSPS) is 43.5. The first-order valence-electron chi connectivity index (χ1n) is 12.4. The van der Waals surface area contributed by atoms with Gasteiger partial charge in [-0.05, 0) is 56.3 Å². The van der Waals surface area contributed by atoms with Crippen molar-refractivity contribution in [1.82, 2.24) is 0 Å². The molecule has 0 N–H and O–H groups in total. The number of allylic oxidation sites excluding steroid dienone is 4. The van der Waals surface area contributed by atoms with Crippen molar-refractivity contribution in [3.8, 4) is 0 Å². The summed E-state index contributed by atoms with van der Waals surface area (Å²) in [6.45, 7) is 22.0. The Kier molecular flexibility index (Phi) is 5.12. The molecule has 1 aliphatic heterocycles. The first-order valence-corrected chi connectivity index (χ1v) is 12.4. The summed E-state index contributed by atoms with van der Waals surface area (Å²) >= 11 is 0. The highest BCUT2D eigenvalue weighted by Gasteiger charge is 2.69. The predicted molar refractivity (Wildman–Crippen MR) is 125 cm³/mol. The van der Waals surface area contributed by atoms with Gasteiger partial charge in [-0.25, -0.2) is 6.57 Å². The molecule has 1 unspecified atom stereocenters. The third-order valence-corrected chi connectivity index (χ3v) is 10.3. The lowest BCUT2D eigenvalue weighted by Crippen LogP contribution is -2.59. The maximum atomic E-state index is 13.6. The average molecular weight is 436 g/mol. The van der Waals surface area contributed by atoms with Gasteiger partial charge in [0.15, 0.2) is 5.79 Å². The van der Waals surface area contributed by atoms with Crippen LogP contribution in [0.2, 0.25) is 0 Å². The molecule has 1 saturated heterocycles. The quantitative estimate of drug-likeness (QED) is 0.407. The summed E-state index contributed by atoms with van der Waals surface area (Å²) < 4.78 is 12.6. The monoisotopic (exact) mass is 435 g/mol. The van der Waals surface area contributed by atoms with Crippen molar-refractivity contribution in [3.05, 3.63) is 48.4 Å². The van der Waals surface area contributed by atoms with Crippen LogP contribution in [0.15, 0.2) is 37.0 Å². The Bertz CT molecular complexity index is 896. The van der Waals surface area contributed by atoms with E-state index in [1.807, 2.05) is 12.2 Å². The van der Waals surface area contributed by atoms with E-state index in [1.54, 1.807) is 0 Å². The third kappa shape index (κ3) is 2.59. The number of carbonyl (C=O) groups is 1. The largest absolute Gasteiger partial charge is 0.347 e. The number of hydrogen-bond acceptors (Lipinski definition) is 3. The molecule has 5 rings (SSSR count). The van der Waals surface area contributed by atoms with Gasteiger partial charge in [-0.15, -0.1) is 13.2 Å². The summed E-state index contributed by atoms with van der Waals surface area (Å²) in [6.07, 6.45) is 13.3. The lowest BCUT2D eigenvalue weighted by molar-refractivity contribution is -0.242. The Morgan fingerprint density at radius 1 is 1.12 bits per heavy atom. The number of ether oxygens (including phenoxy) is 2. The number of fused-ring (bicyclic) bond motifs is 6. The summed E-state index contributed by atoms with van der Waals surface area (Å²) in [6, 6.07) is -0.569. The molecule has 6 atom stereocenters. The smallest absolute Gasteiger partial charge is 0.282 e. The molecule has 0 aromatic rings. The molecule has 4 fully saturated rings. The summed E-state index contributed by atoms with van der Waals surface area (Å²) in [4.78, 5) is 17.5. The van der Waals surface area contributed by atoms with Crippen LogP contribution in [0.25, 0.3) is 4.85 Å². The first-order chi connectivity index (χ1) is 15.3. The van der Waals surface area contributed by atoms with E-state index in [0.29, 0.717) is 50.2 Å². The van der Waals surface area contributed by atoms with Gasteiger partial charge in [0.05, 0.1) is 18.6 Å². The van der Waals surface area contributed by atoms with Crippen LogP contribution in [-0.4, -0.2) is 30.8 Å². The molecule has 172 valence electrons. The number of carbonyl (C=O) groups excluding carboxylic acids is 1. The molecule has 0 amide bonds. The number of rotatable bonds is 4. The summed E-state index contributed by atoms with van der Waals surface area (Å²) in [7, 11) is 0. The van der Waals surface area contributed by atoms with Crippen LogP contribution >= 0.6 is 0 Å². The molecule has 4 heteroatoms. The summed E-state index contributed by atoms with van der Waals surface area (Å²) in [5, 5.41) is 0. The molecule has 4 nitrogen and oxygen atoms in total. The van der Waals surface area contributed by atoms with Crippen LogP contribution in [-0.2, 0) is 14.3 Å². The van der Waals surface area contributed by atoms with Crippen LogP contribution in [0.1, 0.15) is 65.2 Å². The van der Waals surface area contributed by atoms with Crippen molar-refractivity contribution in [3.63, 3.8) is 0 Å². The molecule has 1 spiro atoms. The molecule has 0 aromatic carbocycles. The van der Waals surface area contributed by atoms with Gasteiger partial charge in [0.25, 0.3) is 6.04 Å². The van der Waals surface area contributed by atoms with Crippen molar-refractivity contribution >= 4 is 5.78 Å². The standard InChI is InChI=1S/C28H37NO3/c1-6-12-27(13-7-2)23-9-8-19-20(25(23,3)18-22(29-5)24(27)30)10-14-26(4)21(19)11-15-28(26)31-16-17-32-28/h6-7,9,19-22H,1-2,8,10-18H2,3-4H3/t19-,20+,21+,22?,25-,26+/m1/s1. The van der Waals surface area contributed by atoms with Gasteiger partial charge in [0, 0.05) is 23.7 Å². The van der Waals surface area contributed by atoms with Gasteiger partial charge in [0.2, 0.25) is 5.78 Å². The fourth-order valence-corrected chi connectivity index (χ4v) is 9.03. The molecule has 0 radical (unpaired) electrons. The van der Waals surface area contributed by atoms with E-state index in [2.05, 4.69) is 37.9 Å². The fourth-order valence-electron chi connectivity index (χ4n) is 9.03. The highest BCUT2D eigenvalue weighted by molar-refractivity contribution is 5.96. The van der Waals surface area contributed by atoms with E-state index in [4.69, 9.17) is 16.0 Å². The van der Waals surface area contributed by atoms with Crippen LogP contribution in [0.5, 0.6) is 0 Å². The second kappa shape index (κ2) is 7.40. The van der Waals surface area contributed by atoms with Crippen molar-refractivity contribution in [2.75, 3.05) is 13.2 Å². The fraction of sp³-hybridized carbons (Fsp3) is 0.714. The van der Waals surface area contributed by atoms with Gasteiger partial charge >= 0.3 is 0 Å². The number of hydrogen-bond donors (Lipinski definition) is 0. The van der Waals surface area contributed by atoms with E-state index in [-0.39, 0.29) is 16.6 Å². The number of nitrogens with zero attached hydrogens (tertiary/aromatic N) is 1. The minimum atomic E-state index is -0.647. The average Bonchev–Trinajstić information content (AvgIpc) is 3.37. The SMILES string of the molecule is [C-]#[N+]C1C[C@@]2(C)C(=CC[C@@H]3[C@@H]2CC[C@@]2(C)[C@H]3CCC23OCCO3)C(CC=C)(CC=C)C1=O.